The van der Waals surface area contributed by atoms with Gasteiger partial charge in [0.1, 0.15) is 5.78 Å². The van der Waals surface area contributed by atoms with Gasteiger partial charge in [0.15, 0.2) is 0 Å². The summed E-state index contributed by atoms with van der Waals surface area (Å²) < 4.78 is 0. The van der Waals surface area contributed by atoms with Crippen molar-refractivity contribution in [1.29, 1.82) is 0 Å². The summed E-state index contributed by atoms with van der Waals surface area (Å²) in [6.45, 7) is 3.60. The number of ketones is 1. The average molecular weight is 196 g/mol. The first-order valence-electron chi connectivity index (χ1n) is 4.99. The van der Waals surface area contributed by atoms with Crippen LogP contribution in [0.4, 0.5) is 0 Å². The zero-order valence-corrected chi connectivity index (χ0v) is 8.62. The van der Waals surface area contributed by atoms with E-state index < -0.39 is 5.97 Å². The fraction of sp³-hybridized carbons (Fsp3) is 0.636. The van der Waals surface area contributed by atoms with Gasteiger partial charge in [-0.25, -0.2) is 4.79 Å². The largest absolute Gasteiger partial charge is 0.478 e. The van der Waals surface area contributed by atoms with Gasteiger partial charge in [-0.3, -0.25) is 4.79 Å². The molecule has 0 bridgehead atoms. The van der Waals surface area contributed by atoms with Gasteiger partial charge in [-0.2, -0.15) is 0 Å². The number of carboxylic acid groups (broad SMARTS) is 1. The van der Waals surface area contributed by atoms with Crippen molar-refractivity contribution in [2.45, 2.75) is 33.1 Å². The van der Waals surface area contributed by atoms with Gasteiger partial charge in [-0.05, 0) is 25.7 Å². The molecule has 1 rings (SSSR count). The van der Waals surface area contributed by atoms with Gasteiger partial charge in [0.25, 0.3) is 0 Å². The Morgan fingerprint density at radius 2 is 2.21 bits per heavy atom. The zero-order valence-electron chi connectivity index (χ0n) is 8.62. The molecule has 0 fully saturated rings. The van der Waals surface area contributed by atoms with Gasteiger partial charge in [-0.15, -0.1) is 0 Å². The molecule has 2 unspecified atom stereocenters. The quantitative estimate of drug-likeness (QED) is 0.751. The first-order chi connectivity index (χ1) is 6.56. The van der Waals surface area contributed by atoms with Gasteiger partial charge in [0, 0.05) is 11.5 Å². The Labute approximate surface area is 83.8 Å². The highest BCUT2D eigenvalue weighted by Gasteiger charge is 2.29. The number of carbonyl (C=O) groups excluding carboxylic acids is 1. The molecule has 3 heteroatoms. The summed E-state index contributed by atoms with van der Waals surface area (Å²) in [5, 5.41) is 8.82. The number of hydrogen-bond donors (Lipinski definition) is 1. The van der Waals surface area contributed by atoms with Crippen molar-refractivity contribution >= 4 is 11.8 Å². The highest BCUT2D eigenvalue weighted by atomic mass is 16.4. The standard InChI is InChI=1S/C11H16O3/c1-3-8-6-9(11(13)14)4-5-10(8)7(2)12/h4,8,10H,3,5-6H2,1-2H3,(H,13,14). The maximum atomic E-state index is 11.3. The summed E-state index contributed by atoms with van der Waals surface area (Å²) in [7, 11) is 0. The molecule has 0 heterocycles. The molecular weight excluding hydrogens is 180 g/mol. The smallest absolute Gasteiger partial charge is 0.331 e. The molecule has 0 aromatic heterocycles. The molecule has 0 aromatic carbocycles. The van der Waals surface area contributed by atoms with Crippen molar-refractivity contribution < 1.29 is 14.7 Å². The van der Waals surface area contributed by atoms with Crippen LogP contribution in [0.1, 0.15) is 33.1 Å². The summed E-state index contributed by atoms with van der Waals surface area (Å²) in [5.41, 5.74) is 0.467. The fourth-order valence-corrected chi connectivity index (χ4v) is 2.07. The molecule has 3 nitrogen and oxygen atoms in total. The first-order valence-corrected chi connectivity index (χ1v) is 4.99. The molecular formula is C11H16O3. The fourth-order valence-electron chi connectivity index (χ4n) is 2.07. The summed E-state index contributed by atoms with van der Waals surface area (Å²) in [6, 6.07) is 0. The van der Waals surface area contributed by atoms with Crippen LogP contribution in [0.5, 0.6) is 0 Å². The number of hydrogen-bond acceptors (Lipinski definition) is 2. The third kappa shape index (κ3) is 2.22. The van der Waals surface area contributed by atoms with Crippen molar-refractivity contribution in [2.24, 2.45) is 11.8 Å². The Kier molecular flexibility index (Phi) is 3.44. The second-order valence-corrected chi connectivity index (χ2v) is 3.86. The molecule has 1 aliphatic rings. The van der Waals surface area contributed by atoms with E-state index in [9.17, 15) is 9.59 Å². The van der Waals surface area contributed by atoms with Crippen molar-refractivity contribution in [1.82, 2.24) is 0 Å². The minimum Gasteiger partial charge on any atom is -0.478 e. The third-order valence-corrected chi connectivity index (χ3v) is 2.99. The average Bonchev–Trinajstić information content (AvgIpc) is 2.16. The van der Waals surface area contributed by atoms with Crippen LogP contribution in [0.3, 0.4) is 0 Å². The zero-order chi connectivity index (χ0) is 10.7. The van der Waals surface area contributed by atoms with E-state index in [4.69, 9.17) is 5.11 Å². The van der Waals surface area contributed by atoms with E-state index in [1.54, 1.807) is 13.0 Å². The Hall–Kier alpha value is -1.12. The number of Topliss-reactive ketones (excluding diaryl/α,β-unsaturated/α-hetero) is 1. The highest BCUT2D eigenvalue weighted by molar-refractivity contribution is 5.87. The molecule has 0 radical (unpaired) electrons. The monoisotopic (exact) mass is 196 g/mol. The van der Waals surface area contributed by atoms with Crippen LogP contribution in [-0.4, -0.2) is 16.9 Å². The van der Waals surface area contributed by atoms with Crippen molar-refractivity contribution in [3.05, 3.63) is 11.6 Å². The van der Waals surface area contributed by atoms with Crippen LogP contribution in [0.15, 0.2) is 11.6 Å². The molecule has 0 aromatic rings. The van der Waals surface area contributed by atoms with Crippen molar-refractivity contribution in [3.63, 3.8) is 0 Å². The minimum atomic E-state index is -0.842. The lowest BCUT2D eigenvalue weighted by molar-refractivity contribution is -0.133. The highest BCUT2D eigenvalue weighted by Crippen LogP contribution is 2.32. The van der Waals surface area contributed by atoms with Crippen LogP contribution in [0.2, 0.25) is 0 Å². The molecule has 0 saturated carbocycles. The molecule has 78 valence electrons. The van der Waals surface area contributed by atoms with E-state index in [0.717, 1.165) is 6.42 Å². The van der Waals surface area contributed by atoms with Crippen LogP contribution >= 0.6 is 0 Å². The number of allylic oxidation sites excluding steroid dienone is 1. The minimum absolute atomic E-state index is 0.0306. The lowest BCUT2D eigenvalue weighted by Crippen LogP contribution is -2.26. The molecule has 1 N–H and O–H groups in total. The number of carbonyl (C=O) groups is 2. The third-order valence-electron chi connectivity index (χ3n) is 2.99. The molecule has 0 aliphatic heterocycles. The van der Waals surface area contributed by atoms with Gasteiger partial charge >= 0.3 is 5.97 Å². The van der Waals surface area contributed by atoms with E-state index in [1.165, 1.54) is 0 Å². The van der Waals surface area contributed by atoms with Crippen LogP contribution in [0.25, 0.3) is 0 Å². The number of aliphatic carboxylic acids is 1. The van der Waals surface area contributed by atoms with Crippen LogP contribution in [-0.2, 0) is 9.59 Å². The molecule has 0 spiro atoms. The van der Waals surface area contributed by atoms with Crippen molar-refractivity contribution in [2.75, 3.05) is 0 Å². The lowest BCUT2D eigenvalue weighted by atomic mass is 9.76. The normalized spacial score (nSPS) is 26.9. The molecule has 14 heavy (non-hydrogen) atoms. The Morgan fingerprint density at radius 3 is 2.64 bits per heavy atom. The van der Waals surface area contributed by atoms with E-state index in [0.29, 0.717) is 18.4 Å². The SMILES string of the molecule is CCC1CC(C(=O)O)=CCC1C(C)=O. The van der Waals surface area contributed by atoms with E-state index in [2.05, 4.69) is 0 Å². The summed E-state index contributed by atoms with van der Waals surface area (Å²) >= 11 is 0. The maximum absolute atomic E-state index is 11.3. The van der Waals surface area contributed by atoms with E-state index in [1.807, 2.05) is 6.92 Å². The van der Waals surface area contributed by atoms with Crippen LogP contribution in [0, 0.1) is 11.8 Å². The number of rotatable bonds is 3. The van der Waals surface area contributed by atoms with Gasteiger partial charge in [0.05, 0.1) is 0 Å². The first kappa shape index (κ1) is 11.0. The van der Waals surface area contributed by atoms with Gasteiger partial charge in [-0.1, -0.05) is 19.4 Å². The van der Waals surface area contributed by atoms with Crippen molar-refractivity contribution in [3.8, 4) is 0 Å². The van der Waals surface area contributed by atoms with Crippen LogP contribution < -0.4 is 0 Å². The maximum Gasteiger partial charge on any atom is 0.331 e. The number of carboxylic acids is 1. The Balaban J connectivity index is 2.79. The van der Waals surface area contributed by atoms with E-state index >= 15 is 0 Å². The van der Waals surface area contributed by atoms with Gasteiger partial charge in [0.2, 0.25) is 0 Å². The summed E-state index contributed by atoms with van der Waals surface area (Å²) in [6.07, 6.45) is 3.70. The van der Waals surface area contributed by atoms with Gasteiger partial charge < -0.3 is 5.11 Å². The second-order valence-electron chi connectivity index (χ2n) is 3.86. The summed E-state index contributed by atoms with van der Waals surface area (Å²) in [5.74, 6) is -0.422. The molecule has 0 amide bonds. The van der Waals surface area contributed by atoms with E-state index in [-0.39, 0.29) is 17.6 Å². The Morgan fingerprint density at radius 1 is 1.57 bits per heavy atom. The predicted molar refractivity (Wildman–Crippen MR) is 52.9 cm³/mol. The second kappa shape index (κ2) is 4.40. The predicted octanol–water partition coefficient (Wildman–Crippen LogP) is 2.02. The molecule has 2 atom stereocenters. The summed E-state index contributed by atoms with van der Waals surface area (Å²) in [4.78, 5) is 22.0. The topological polar surface area (TPSA) is 54.4 Å². The molecule has 1 aliphatic carbocycles. The Bertz CT molecular complexity index is 278. The lowest BCUT2D eigenvalue weighted by Gasteiger charge is -2.27. The molecule has 0 saturated heterocycles.